The van der Waals surface area contributed by atoms with Crippen molar-refractivity contribution >= 4 is 0 Å². The Labute approximate surface area is 115 Å². The van der Waals surface area contributed by atoms with Crippen molar-refractivity contribution in [1.82, 2.24) is 0 Å². The van der Waals surface area contributed by atoms with Gasteiger partial charge in [-0.3, -0.25) is 0 Å². The maximum absolute atomic E-state index is 10.6. The minimum absolute atomic E-state index is 0.615. The molecule has 1 heterocycles. The first-order valence-electron chi connectivity index (χ1n) is 6.64. The van der Waals surface area contributed by atoms with E-state index >= 15 is 0 Å². The number of aliphatic hydroxyl groups excluding tert-OH is 1. The normalized spacial score (nSPS) is 12.8. The van der Waals surface area contributed by atoms with Crippen LogP contribution in [-0.4, -0.2) is 5.11 Å². The van der Waals surface area contributed by atoms with Crippen molar-refractivity contribution in [2.75, 3.05) is 0 Å². The van der Waals surface area contributed by atoms with Gasteiger partial charge in [0.1, 0.15) is 11.9 Å². The molecule has 0 saturated heterocycles. The third-order valence-corrected chi connectivity index (χ3v) is 4.40. The maximum atomic E-state index is 10.6. The fourth-order valence-corrected chi connectivity index (χ4v) is 2.71. The number of furan rings is 1. The lowest BCUT2D eigenvalue weighted by Gasteiger charge is -2.21. The second-order valence-corrected chi connectivity index (χ2v) is 5.43. The van der Waals surface area contributed by atoms with Gasteiger partial charge in [0, 0.05) is 5.56 Å². The van der Waals surface area contributed by atoms with Crippen LogP contribution in [0.25, 0.3) is 0 Å². The van der Waals surface area contributed by atoms with Crippen molar-refractivity contribution in [2.45, 2.75) is 47.6 Å². The molecule has 0 fully saturated rings. The van der Waals surface area contributed by atoms with E-state index in [1.54, 1.807) is 6.26 Å². The van der Waals surface area contributed by atoms with Crippen LogP contribution in [0.15, 0.2) is 16.7 Å². The molecule has 0 radical (unpaired) electrons. The molecule has 19 heavy (non-hydrogen) atoms. The zero-order valence-electron chi connectivity index (χ0n) is 12.6. The van der Waals surface area contributed by atoms with Gasteiger partial charge in [0.05, 0.1) is 6.26 Å². The second kappa shape index (κ2) is 4.86. The average Bonchev–Trinajstić information content (AvgIpc) is 2.81. The summed E-state index contributed by atoms with van der Waals surface area (Å²) in [5.41, 5.74) is 8.02. The summed E-state index contributed by atoms with van der Waals surface area (Å²) in [4.78, 5) is 0. The second-order valence-electron chi connectivity index (χ2n) is 5.43. The molecule has 102 valence electrons. The standard InChI is InChI=1S/C17H22O2/c1-9-7-15(8-19-9)17(18)16-13(5)11(3)10(2)12(4)14(16)6/h7-8,17-18H,1-6H3. The summed E-state index contributed by atoms with van der Waals surface area (Å²) >= 11 is 0. The van der Waals surface area contributed by atoms with Gasteiger partial charge >= 0.3 is 0 Å². The van der Waals surface area contributed by atoms with Crippen LogP contribution >= 0.6 is 0 Å². The van der Waals surface area contributed by atoms with Crippen LogP contribution < -0.4 is 0 Å². The van der Waals surface area contributed by atoms with Gasteiger partial charge in [0.2, 0.25) is 0 Å². The van der Waals surface area contributed by atoms with Crippen LogP contribution in [0.2, 0.25) is 0 Å². The molecule has 2 aromatic rings. The van der Waals surface area contributed by atoms with Crippen LogP contribution in [0.4, 0.5) is 0 Å². The molecule has 2 heteroatoms. The monoisotopic (exact) mass is 258 g/mol. The highest BCUT2D eigenvalue weighted by Crippen LogP contribution is 2.34. The van der Waals surface area contributed by atoms with Crippen LogP contribution in [0.3, 0.4) is 0 Å². The van der Waals surface area contributed by atoms with E-state index in [0.29, 0.717) is 0 Å². The van der Waals surface area contributed by atoms with Gasteiger partial charge in [-0.25, -0.2) is 0 Å². The van der Waals surface area contributed by atoms with Crippen molar-refractivity contribution < 1.29 is 9.52 Å². The molecule has 0 bridgehead atoms. The quantitative estimate of drug-likeness (QED) is 0.875. The van der Waals surface area contributed by atoms with E-state index in [4.69, 9.17) is 4.42 Å². The third kappa shape index (κ3) is 2.21. The Morgan fingerprint density at radius 1 is 0.842 bits per heavy atom. The lowest BCUT2D eigenvalue weighted by molar-refractivity contribution is 0.217. The van der Waals surface area contributed by atoms with Crippen LogP contribution in [0, 0.1) is 41.5 Å². The Bertz CT molecular complexity index is 591. The van der Waals surface area contributed by atoms with Crippen molar-refractivity contribution in [2.24, 2.45) is 0 Å². The Morgan fingerprint density at radius 3 is 1.74 bits per heavy atom. The predicted octanol–water partition coefficient (Wildman–Crippen LogP) is 4.21. The summed E-state index contributed by atoms with van der Waals surface area (Å²) in [6.45, 7) is 12.4. The molecule has 0 aliphatic carbocycles. The summed E-state index contributed by atoms with van der Waals surface area (Å²) in [7, 11) is 0. The third-order valence-electron chi connectivity index (χ3n) is 4.40. The predicted molar refractivity (Wildman–Crippen MR) is 77.6 cm³/mol. The SMILES string of the molecule is Cc1cc(C(O)c2c(C)c(C)c(C)c(C)c2C)co1. The van der Waals surface area contributed by atoms with E-state index < -0.39 is 6.10 Å². The first-order valence-corrected chi connectivity index (χ1v) is 6.64. The van der Waals surface area contributed by atoms with Crippen molar-refractivity contribution in [3.05, 3.63) is 57.0 Å². The van der Waals surface area contributed by atoms with Gasteiger partial charge in [-0.15, -0.1) is 0 Å². The zero-order valence-corrected chi connectivity index (χ0v) is 12.6. The molecule has 1 unspecified atom stereocenters. The van der Waals surface area contributed by atoms with Gasteiger partial charge in [-0.2, -0.15) is 0 Å². The molecule has 1 aromatic carbocycles. The van der Waals surface area contributed by atoms with E-state index in [1.165, 1.54) is 27.8 Å². The van der Waals surface area contributed by atoms with Crippen molar-refractivity contribution in [1.29, 1.82) is 0 Å². The summed E-state index contributed by atoms with van der Waals surface area (Å²) < 4.78 is 5.31. The average molecular weight is 258 g/mol. The summed E-state index contributed by atoms with van der Waals surface area (Å²) in [5.74, 6) is 0.824. The van der Waals surface area contributed by atoms with Gasteiger partial charge in [0.25, 0.3) is 0 Å². The lowest BCUT2D eigenvalue weighted by Crippen LogP contribution is -2.08. The molecule has 0 amide bonds. The Balaban J connectivity index is 2.63. The first kappa shape index (κ1) is 13.9. The smallest absolute Gasteiger partial charge is 0.108 e. The summed E-state index contributed by atoms with van der Waals surface area (Å²) in [6.07, 6.45) is 1.03. The highest BCUT2D eigenvalue weighted by atomic mass is 16.3. The Hall–Kier alpha value is -1.54. The van der Waals surface area contributed by atoms with E-state index in [0.717, 1.165) is 16.9 Å². The minimum Gasteiger partial charge on any atom is -0.469 e. The van der Waals surface area contributed by atoms with Crippen LogP contribution in [-0.2, 0) is 0 Å². The summed E-state index contributed by atoms with van der Waals surface area (Å²) in [6, 6.07) is 1.90. The number of benzene rings is 1. The first-order chi connectivity index (χ1) is 8.84. The lowest BCUT2D eigenvalue weighted by atomic mass is 9.86. The van der Waals surface area contributed by atoms with Gasteiger partial charge in [0.15, 0.2) is 0 Å². The zero-order chi connectivity index (χ0) is 14.3. The topological polar surface area (TPSA) is 33.4 Å². The van der Waals surface area contributed by atoms with E-state index in [9.17, 15) is 5.11 Å². The molecule has 0 saturated carbocycles. The van der Waals surface area contributed by atoms with Gasteiger partial charge in [-0.05, 0) is 81.0 Å². The van der Waals surface area contributed by atoms with Gasteiger partial charge < -0.3 is 9.52 Å². The fraction of sp³-hybridized carbons (Fsp3) is 0.412. The van der Waals surface area contributed by atoms with Crippen LogP contribution in [0.1, 0.15) is 50.8 Å². The largest absolute Gasteiger partial charge is 0.469 e. The molecule has 0 spiro atoms. The molecule has 2 rings (SSSR count). The van der Waals surface area contributed by atoms with Crippen molar-refractivity contribution in [3.8, 4) is 0 Å². The van der Waals surface area contributed by atoms with Crippen LogP contribution in [0.5, 0.6) is 0 Å². The minimum atomic E-state index is -0.615. The Kier molecular flexibility index (Phi) is 3.55. The fourth-order valence-electron chi connectivity index (χ4n) is 2.71. The highest BCUT2D eigenvalue weighted by molar-refractivity contribution is 5.52. The number of hydrogen-bond donors (Lipinski definition) is 1. The highest BCUT2D eigenvalue weighted by Gasteiger charge is 2.21. The number of aliphatic hydroxyl groups is 1. The van der Waals surface area contributed by atoms with Crippen molar-refractivity contribution in [3.63, 3.8) is 0 Å². The van der Waals surface area contributed by atoms with E-state index in [1.807, 2.05) is 13.0 Å². The number of hydrogen-bond acceptors (Lipinski definition) is 2. The molecule has 0 aliphatic heterocycles. The summed E-state index contributed by atoms with van der Waals surface area (Å²) in [5, 5.41) is 10.6. The number of rotatable bonds is 2. The van der Waals surface area contributed by atoms with Gasteiger partial charge in [-0.1, -0.05) is 0 Å². The number of aryl methyl sites for hydroxylation is 1. The molecule has 1 aromatic heterocycles. The van der Waals surface area contributed by atoms with E-state index in [-0.39, 0.29) is 0 Å². The maximum Gasteiger partial charge on any atom is 0.108 e. The van der Waals surface area contributed by atoms with E-state index in [2.05, 4.69) is 34.6 Å². The Morgan fingerprint density at radius 2 is 1.32 bits per heavy atom. The molecule has 1 N–H and O–H groups in total. The molecule has 2 nitrogen and oxygen atoms in total. The molecule has 0 aliphatic rings. The molecular formula is C17H22O2. The molecule has 1 atom stereocenters. The molecular weight excluding hydrogens is 236 g/mol.